The molecule has 0 spiro atoms. The van der Waals surface area contributed by atoms with Crippen LogP contribution < -0.4 is 0 Å². The third kappa shape index (κ3) is 2.85. The molecule has 0 nitrogen and oxygen atoms in total. The van der Waals surface area contributed by atoms with E-state index in [4.69, 9.17) is 23.2 Å². The minimum atomic E-state index is -0.345. The Bertz CT molecular complexity index is 351. The number of halogens is 3. The molecule has 1 aliphatic carbocycles. The van der Waals surface area contributed by atoms with E-state index in [1.54, 1.807) is 6.07 Å². The van der Waals surface area contributed by atoms with Crippen molar-refractivity contribution >= 4 is 23.2 Å². The van der Waals surface area contributed by atoms with Crippen molar-refractivity contribution in [1.82, 2.24) is 0 Å². The van der Waals surface area contributed by atoms with Gasteiger partial charge in [-0.1, -0.05) is 17.7 Å². The lowest BCUT2D eigenvalue weighted by atomic mass is 9.98. The number of hydrogen-bond donors (Lipinski definition) is 0. The summed E-state index contributed by atoms with van der Waals surface area (Å²) in [5.41, 5.74) is 1.11. The van der Waals surface area contributed by atoms with E-state index in [1.165, 1.54) is 12.5 Å². The molecule has 0 aromatic heterocycles. The van der Waals surface area contributed by atoms with Crippen LogP contribution in [-0.4, -0.2) is 5.38 Å². The van der Waals surface area contributed by atoms with Gasteiger partial charge in [0.15, 0.2) is 0 Å². The van der Waals surface area contributed by atoms with Crippen LogP contribution >= 0.6 is 23.2 Å². The van der Waals surface area contributed by atoms with Crippen molar-refractivity contribution in [2.45, 2.75) is 31.1 Å². The molecule has 2 rings (SSSR count). The van der Waals surface area contributed by atoms with Crippen molar-refractivity contribution in [3.05, 3.63) is 34.6 Å². The average Bonchev–Trinajstić information content (AvgIpc) is 2.58. The zero-order valence-electron chi connectivity index (χ0n) is 8.35. The Hall–Kier alpha value is -0.270. The summed E-state index contributed by atoms with van der Waals surface area (Å²) in [5, 5.41) is 0.541. The van der Waals surface area contributed by atoms with E-state index in [-0.39, 0.29) is 10.8 Å². The Morgan fingerprint density at radius 1 is 1.33 bits per heavy atom. The van der Waals surface area contributed by atoms with Gasteiger partial charge in [0.05, 0.1) is 5.02 Å². The molecular formula is C12H13Cl2F. The summed E-state index contributed by atoms with van der Waals surface area (Å²) in [6.45, 7) is 0. The van der Waals surface area contributed by atoms with E-state index in [1.807, 2.05) is 6.07 Å². The number of alkyl halides is 1. The Morgan fingerprint density at radius 3 is 2.73 bits per heavy atom. The SMILES string of the molecule is Fc1ccc(CC2CCC(Cl)C2)cc1Cl. The molecule has 15 heavy (non-hydrogen) atoms. The highest BCUT2D eigenvalue weighted by atomic mass is 35.5. The second-order valence-electron chi connectivity index (χ2n) is 4.23. The van der Waals surface area contributed by atoms with Crippen molar-refractivity contribution < 1.29 is 4.39 Å². The average molecular weight is 247 g/mol. The van der Waals surface area contributed by atoms with Crippen LogP contribution in [0.5, 0.6) is 0 Å². The van der Waals surface area contributed by atoms with E-state index in [2.05, 4.69) is 0 Å². The highest BCUT2D eigenvalue weighted by molar-refractivity contribution is 6.30. The number of benzene rings is 1. The lowest BCUT2D eigenvalue weighted by Gasteiger charge is -2.09. The van der Waals surface area contributed by atoms with Gasteiger partial charge in [-0.15, -0.1) is 11.6 Å². The quantitative estimate of drug-likeness (QED) is 0.678. The third-order valence-corrected chi connectivity index (χ3v) is 3.67. The van der Waals surface area contributed by atoms with E-state index in [0.717, 1.165) is 24.8 Å². The summed E-state index contributed by atoms with van der Waals surface area (Å²) in [4.78, 5) is 0. The van der Waals surface area contributed by atoms with E-state index >= 15 is 0 Å². The van der Waals surface area contributed by atoms with Gasteiger partial charge in [0.25, 0.3) is 0 Å². The molecule has 1 aromatic rings. The lowest BCUT2D eigenvalue weighted by Crippen LogP contribution is -2.00. The molecule has 0 radical (unpaired) electrons. The van der Waals surface area contributed by atoms with Gasteiger partial charge in [0.2, 0.25) is 0 Å². The van der Waals surface area contributed by atoms with Gasteiger partial charge < -0.3 is 0 Å². The van der Waals surface area contributed by atoms with Gasteiger partial charge in [-0.3, -0.25) is 0 Å². The summed E-state index contributed by atoms with van der Waals surface area (Å²) < 4.78 is 12.9. The predicted molar refractivity (Wildman–Crippen MR) is 62.1 cm³/mol. The Balaban J connectivity index is 2.02. The normalized spacial score (nSPS) is 25.8. The zero-order valence-corrected chi connectivity index (χ0v) is 9.86. The van der Waals surface area contributed by atoms with E-state index in [9.17, 15) is 4.39 Å². The minimum Gasteiger partial charge on any atom is -0.205 e. The second-order valence-corrected chi connectivity index (χ2v) is 5.25. The molecule has 82 valence electrons. The summed E-state index contributed by atoms with van der Waals surface area (Å²) in [6.07, 6.45) is 4.30. The molecule has 2 unspecified atom stereocenters. The molecule has 2 atom stereocenters. The summed E-state index contributed by atoms with van der Waals surface area (Å²) in [6, 6.07) is 4.96. The smallest absolute Gasteiger partial charge is 0.141 e. The van der Waals surface area contributed by atoms with Crippen LogP contribution in [0, 0.1) is 11.7 Å². The first-order valence-corrected chi connectivity index (χ1v) is 6.04. The molecule has 1 fully saturated rings. The maximum Gasteiger partial charge on any atom is 0.141 e. The van der Waals surface area contributed by atoms with Gasteiger partial charge in [0.1, 0.15) is 5.82 Å². The van der Waals surface area contributed by atoms with Gasteiger partial charge in [-0.25, -0.2) is 4.39 Å². The van der Waals surface area contributed by atoms with Crippen LogP contribution in [0.2, 0.25) is 5.02 Å². The molecule has 0 N–H and O–H groups in total. The Kier molecular flexibility index (Phi) is 3.53. The fraction of sp³-hybridized carbons (Fsp3) is 0.500. The fourth-order valence-corrected chi connectivity index (χ4v) is 2.78. The molecule has 1 aromatic carbocycles. The minimum absolute atomic E-state index is 0.216. The zero-order chi connectivity index (χ0) is 10.8. The Morgan fingerprint density at radius 2 is 2.13 bits per heavy atom. The summed E-state index contributed by atoms with van der Waals surface area (Å²) in [7, 11) is 0. The van der Waals surface area contributed by atoms with Crippen LogP contribution in [0.1, 0.15) is 24.8 Å². The maximum absolute atomic E-state index is 12.9. The molecule has 0 aliphatic heterocycles. The number of rotatable bonds is 2. The lowest BCUT2D eigenvalue weighted by molar-refractivity contribution is 0.546. The predicted octanol–water partition coefficient (Wildman–Crippen LogP) is 4.43. The van der Waals surface area contributed by atoms with Gasteiger partial charge >= 0.3 is 0 Å². The standard InChI is InChI=1S/C12H13Cl2F/c13-10-3-1-8(6-10)5-9-2-4-12(15)11(14)7-9/h2,4,7-8,10H,1,3,5-6H2. The van der Waals surface area contributed by atoms with Crippen molar-refractivity contribution in [1.29, 1.82) is 0 Å². The van der Waals surface area contributed by atoms with Crippen molar-refractivity contribution in [3.63, 3.8) is 0 Å². The highest BCUT2D eigenvalue weighted by Crippen LogP contribution is 2.32. The molecule has 0 amide bonds. The van der Waals surface area contributed by atoms with Gasteiger partial charge in [-0.05, 0) is 49.3 Å². The third-order valence-electron chi connectivity index (χ3n) is 2.99. The first-order chi connectivity index (χ1) is 7.15. The van der Waals surface area contributed by atoms with Crippen LogP contribution in [0.15, 0.2) is 18.2 Å². The molecule has 3 heteroatoms. The molecule has 1 saturated carbocycles. The van der Waals surface area contributed by atoms with Crippen LogP contribution in [0.25, 0.3) is 0 Å². The van der Waals surface area contributed by atoms with E-state index < -0.39 is 0 Å². The molecular weight excluding hydrogens is 234 g/mol. The van der Waals surface area contributed by atoms with Crippen molar-refractivity contribution in [3.8, 4) is 0 Å². The summed E-state index contributed by atoms with van der Waals surface area (Å²) in [5.74, 6) is 0.288. The largest absolute Gasteiger partial charge is 0.205 e. The monoisotopic (exact) mass is 246 g/mol. The second kappa shape index (κ2) is 4.71. The van der Waals surface area contributed by atoms with Gasteiger partial charge in [0, 0.05) is 5.38 Å². The van der Waals surface area contributed by atoms with Crippen LogP contribution in [-0.2, 0) is 6.42 Å². The van der Waals surface area contributed by atoms with Gasteiger partial charge in [-0.2, -0.15) is 0 Å². The number of hydrogen-bond acceptors (Lipinski definition) is 0. The first-order valence-electron chi connectivity index (χ1n) is 5.23. The molecule has 0 heterocycles. The topological polar surface area (TPSA) is 0 Å². The van der Waals surface area contributed by atoms with E-state index in [0.29, 0.717) is 11.3 Å². The summed E-state index contributed by atoms with van der Waals surface area (Å²) >= 11 is 11.8. The Labute approximate surface area is 99.4 Å². The first kappa shape index (κ1) is 11.2. The van der Waals surface area contributed by atoms with Crippen molar-refractivity contribution in [2.75, 3.05) is 0 Å². The van der Waals surface area contributed by atoms with Crippen LogP contribution in [0.4, 0.5) is 4.39 Å². The van der Waals surface area contributed by atoms with Crippen LogP contribution in [0.3, 0.4) is 0 Å². The molecule has 0 saturated heterocycles. The molecule has 0 bridgehead atoms. The molecule has 1 aliphatic rings. The van der Waals surface area contributed by atoms with Crippen molar-refractivity contribution in [2.24, 2.45) is 5.92 Å². The maximum atomic E-state index is 12.9. The highest BCUT2D eigenvalue weighted by Gasteiger charge is 2.22. The fourth-order valence-electron chi connectivity index (χ4n) is 2.20.